The Bertz CT molecular complexity index is 811. The summed E-state index contributed by atoms with van der Waals surface area (Å²) in [6.07, 6.45) is 12.0. The molecule has 0 amide bonds. The number of fused-ring (bicyclic) bond motifs is 1. The molecule has 2 aliphatic heterocycles. The first kappa shape index (κ1) is 26.3. The molecule has 3 rings (SSSR count). The molecule has 1 spiro atoms. The summed E-state index contributed by atoms with van der Waals surface area (Å²) in [5, 5.41) is 10.5. The summed E-state index contributed by atoms with van der Waals surface area (Å²) in [6, 6.07) is 0. The second-order valence-corrected chi connectivity index (χ2v) is 11.8. The van der Waals surface area contributed by atoms with Gasteiger partial charge in [0.2, 0.25) is 0 Å². The summed E-state index contributed by atoms with van der Waals surface area (Å²) >= 11 is 0. The van der Waals surface area contributed by atoms with Crippen LogP contribution >= 0.6 is 0 Å². The second kappa shape index (κ2) is 10.6. The molecule has 188 valence electrons. The average Bonchev–Trinajstić information content (AvgIpc) is 3.53. The second-order valence-electron chi connectivity index (χ2n) is 11.8. The Hall–Kier alpha value is -1.26. The topological polar surface area (TPSA) is 54.5 Å². The Kier molecular flexibility index (Phi) is 8.43. The van der Waals surface area contributed by atoms with Crippen LogP contribution in [0.3, 0.4) is 0 Å². The Morgan fingerprint density at radius 3 is 1.88 bits per heavy atom. The van der Waals surface area contributed by atoms with Crippen molar-refractivity contribution in [2.24, 2.45) is 17.8 Å². The van der Waals surface area contributed by atoms with E-state index in [-0.39, 0.29) is 0 Å². The Balaban J connectivity index is 1.49. The smallest absolute Gasteiger partial charge is 0.276 e. The molecule has 4 nitrogen and oxygen atoms in total. The van der Waals surface area contributed by atoms with Gasteiger partial charge in [0.25, 0.3) is 5.79 Å². The predicted molar refractivity (Wildman–Crippen MR) is 135 cm³/mol. The van der Waals surface area contributed by atoms with Crippen molar-refractivity contribution in [1.82, 2.24) is 0 Å². The van der Waals surface area contributed by atoms with Gasteiger partial charge in [0.15, 0.2) is 5.60 Å². The third-order valence-electron chi connectivity index (χ3n) is 8.39. The molecule has 33 heavy (non-hydrogen) atoms. The molecule has 0 unspecified atom stereocenters. The predicted octanol–water partition coefficient (Wildman–Crippen LogP) is 8.11. The average molecular weight is 461 g/mol. The minimum Gasteiger partial charge on any atom is -0.507 e. The molecule has 0 bridgehead atoms. The van der Waals surface area contributed by atoms with Crippen LogP contribution in [-0.2, 0) is 16.2 Å². The van der Waals surface area contributed by atoms with Gasteiger partial charge >= 0.3 is 0 Å². The lowest BCUT2D eigenvalue weighted by atomic mass is 9.80. The highest BCUT2D eigenvalue weighted by Crippen LogP contribution is 2.55. The third kappa shape index (κ3) is 5.88. The van der Waals surface area contributed by atoms with Crippen LogP contribution in [0.1, 0.15) is 115 Å². The summed E-state index contributed by atoms with van der Waals surface area (Å²) in [4.78, 5) is 11.1. The van der Waals surface area contributed by atoms with Crippen molar-refractivity contribution in [2.45, 2.75) is 131 Å². The molecule has 1 aromatic carbocycles. The van der Waals surface area contributed by atoms with E-state index in [4.69, 9.17) is 14.5 Å². The lowest BCUT2D eigenvalue weighted by molar-refractivity contribution is -0.0292. The molecule has 3 atom stereocenters. The quantitative estimate of drug-likeness (QED) is 0.253. The van der Waals surface area contributed by atoms with Crippen molar-refractivity contribution >= 4 is 0 Å². The van der Waals surface area contributed by atoms with Gasteiger partial charge in [-0.25, -0.2) is 0 Å². The van der Waals surface area contributed by atoms with Crippen molar-refractivity contribution in [2.75, 3.05) is 0 Å². The zero-order chi connectivity index (χ0) is 24.4. The summed E-state index contributed by atoms with van der Waals surface area (Å²) in [6.45, 7) is 17.5. The van der Waals surface area contributed by atoms with Gasteiger partial charge in [0, 0.05) is 12.0 Å². The van der Waals surface area contributed by atoms with E-state index in [0.29, 0.717) is 12.2 Å². The van der Waals surface area contributed by atoms with Gasteiger partial charge in [-0.3, -0.25) is 0 Å². The minimum absolute atomic E-state index is 0.359. The maximum absolute atomic E-state index is 10.5. The lowest BCUT2D eigenvalue weighted by Gasteiger charge is -2.40. The van der Waals surface area contributed by atoms with Crippen LogP contribution in [-0.4, -0.2) is 16.5 Å². The maximum Gasteiger partial charge on any atom is 0.276 e. The third-order valence-corrected chi connectivity index (χ3v) is 8.39. The Labute approximate surface area is 202 Å². The monoisotopic (exact) mass is 460 g/mol. The van der Waals surface area contributed by atoms with Crippen LogP contribution < -0.4 is 4.74 Å². The van der Waals surface area contributed by atoms with Crippen molar-refractivity contribution in [3.05, 3.63) is 22.3 Å². The molecule has 0 radical (unpaired) electrons. The van der Waals surface area contributed by atoms with Gasteiger partial charge in [-0.2, -0.15) is 9.78 Å². The van der Waals surface area contributed by atoms with Crippen molar-refractivity contribution in [1.29, 1.82) is 0 Å². The molecule has 2 aliphatic rings. The van der Waals surface area contributed by atoms with E-state index in [1.807, 2.05) is 20.8 Å². The van der Waals surface area contributed by atoms with Gasteiger partial charge in [-0.1, -0.05) is 72.6 Å². The number of phenolic OH excluding ortho intramolecular Hbond substituents is 1. The molecule has 4 heteroatoms. The van der Waals surface area contributed by atoms with Crippen LogP contribution in [0, 0.1) is 38.5 Å². The van der Waals surface area contributed by atoms with E-state index in [9.17, 15) is 5.11 Å². The summed E-state index contributed by atoms with van der Waals surface area (Å²) in [5.41, 5.74) is 3.30. The highest BCUT2D eigenvalue weighted by Gasteiger charge is 2.67. The number of phenols is 1. The van der Waals surface area contributed by atoms with E-state index in [2.05, 4.69) is 34.6 Å². The van der Waals surface area contributed by atoms with Gasteiger partial charge in [-0.05, 0) is 75.0 Å². The molecule has 1 saturated heterocycles. The first-order valence-electron chi connectivity index (χ1n) is 13.4. The van der Waals surface area contributed by atoms with Crippen LogP contribution in [0.5, 0.6) is 11.5 Å². The standard InChI is InChI=1S/C29H48O4/c1-19(2)12-9-13-20(3)14-10-15-21(4)16-11-17-28(8)29(32-33-29)18-25-24(7)26(30)22(5)23(6)27(25)31-28/h19-21,30H,9-18H2,1-8H3/t20-,21+,28-/m0/s1. The fourth-order valence-corrected chi connectivity index (χ4v) is 5.54. The summed E-state index contributed by atoms with van der Waals surface area (Å²) in [5.74, 6) is 2.96. The van der Waals surface area contributed by atoms with Crippen molar-refractivity contribution < 1.29 is 19.6 Å². The van der Waals surface area contributed by atoms with Gasteiger partial charge < -0.3 is 9.84 Å². The number of hydrogen-bond acceptors (Lipinski definition) is 4. The SMILES string of the molecule is Cc1c(C)c2c(c(C)c1O)CC1(OO1)[C@](C)(CCC[C@H](C)CCC[C@@H](C)CCCC(C)C)O2. The number of rotatable bonds is 12. The van der Waals surface area contributed by atoms with Gasteiger partial charge in [-0.15, -0.1) is 0 Å². The van der Waals surface area contributed by atoms with Crippen LogP contribution in [0.4, 0.5) is 0 Å². The largest absolute Gasteiger partial charge is 0.507 e. The van der Waals surface area contributed by atoms with Crippen molar-refractivity contribution in [3.63, 3.8) is 0 Å². The molecule has 1 N–H and O–H groups in total. The summed E-state index contributed by atoms with van der Waals surface area (Å²) in [7, 11) is 0. The zero-order valence-corrected chi connectivity index (χ0v) is 22.5. The van der Waals surface area contributed by atoms with E-state index in [0.717, 1.165) is 58.6 Å². The first-order valence-corrected chi connectivity index (χ1v) is 13.4. The molecule has 0 saturated carbocycles. The minimum atomic E-state index is -0.715. The normalized spacial score (nSPS) is 22.8. The van der Waals surface area contributed by atoms with Crippen molar-refractivity contribution in [3.8, 4) is 11.5 Å². The lowest BCUT2D eigenvalue weighted by Crippen LogP contribution is -2.52. The molecule has 1 aromatic rings. The number of hydrogen-bond donors (Lipinski definition) is 1. The Morgan fingerprint density at radius 2 is 1.33 bits per heavy atom. The highest BCUT2D eigenvalue weighted by atomic mass is 17.4. The van der Waals surface area contributed by atoms with Crippen LogP contribution in [0.25, 0.3) is 0 Å². The van der Waals surface area contributed by atoms with E-state index in [1.54, 1.807) is 0 Å². The van der Waals surface area contributed by atoms with E-state index >= 15 is 0 Å². The highest BCUT2D eigenvalue weighted by molar-refractivity contribution is 5.59. The van der Waals surface area contributed by atoms with E-state index in [1.165, 1.54) is 44.9 Å². The molecular formula is C29H48O4. The summed E-state index contributed by atoms with van der Waals surface area (Å²) < 4.78 is 6.63. The molecule has 2 heterocycles. The fraction of sp³-hybridized carbons (Fsp3) is 0.793. The fourth-order valence-electron chi connectivity index (χ4n) is 5.54. The Morgan fingerprint density at radius 1 is 0.788 bits per heavy atom. The molecule has 1 fully saturated rings. The van der Waals surface area contributed by atoms with Crippen LogP contribution in [0.2, 0.25) is 0 Å². The molecular weight excluding hydrogens is 412 g/mol. The number of ether oxygens (including phenoxy) is 1. The zero-order valence-electron chi connectivity index (χ0n) is 22.5. The molecule has 0 aliphatic carbocycles. The van der Waals surface area contributed by atoms with Crippen LogP contribution in [0.15, 0.2) is 0 Å². The first-order chi connectivity index (χ1) is 15.5. The van der Waals surface area contributed by atoms with Gasteiger partial charge in [0.05, 0.1) is 0 Å². The van der Waals surface area contributed by atoms with Gasteiger partial charge in [0.1, 0.15) is 11.5 Å². The molecule has 0 aromatic heterocycles. The maximum atomic E-state index is 10.5. The van der Waals surface area contributed by atoms with E-state index < -0.39 is 11.4 Å². The number of benzene rings is 1. The number of aromatic hydroxyl groups is 1.